The number of aromatic nitrogens is 4. The highest BCUT2D eigenvalue weighted by Gasteiger charge is 2.16. The Morgan fingerprint density at radius 2 is 1.52 bits per heavy atom. The van der Waals surface area contributed by atoms with E-state index < -0.39 is 6.43 Å². The molecule has 0 saturated heterocycles. The molecule has 218 valence electrons. The minimum atomic E-state index is -2.51. The van der Waals surface area contributed by atoms with E-state index >= 15 is 0 Å². The lowest BCUT2D eigenvalue weighted by atomic mass is 9.95. The van der Waals surface area contributed by atoms with Gasteiger partial charge in [0.25, 0.3) is 6.43 Å². The van der Waals surface area contributed by atoms with Crippen molar-refractivity contribution in [2.45, 2.75) is 20.3 Å². The van der Waals surface area contributed by atoms with Gasteiger partial charge in [-0.05, 0) is 79.1 Å². The fraction of sp³-hybridized carbons (Fsp3) is 0.111. The van der Waals surface area contributed by atoms with Crippen molar-refractivity contribution in [3.05, 3.63) is 126 Å². The summed E-state index contributed by atoms with van der Waals surface area (Å²) in [5.74, 6) is 2.80. The first-order valence-electron chi connectivity index (χ1n) is 14.2. The summed E-state index contributed by atoms with van der Waals surface area (Å²) in [7, 11) is 1.64. The maximum atomic E-state index is 13.3. The van der Waals surface area contributed by atoms with E-state index in [9.17, 15) is 8.78 Å². The molecule has 0 N–H and O–H groups in total. The van der Waals surface area contributed by atoms with Crippen molar-refractivity contribution in [2.75, 3.05) is 7.11 Å². The number of hydrogen-bond acceptors (Lipinski definition) is 4. The molecule has 0 saturated carbocycles. The molecule has 3 aromatic heterocycles. The van der Waals surface area contributed by atoms with Gasteiger partial charge >= 0.3 is 0 Å². The highest BCUT2D eigenvalue weighted by atomic mass is 19.3. The fourth-order valence-electron chi connectivity index (χ4n) is 5.91. The van der Waals surface area contributed by atoms with E-state index in [1.165, 1.54) is 0 Å². The number of pyridine rings is 1. The zero-order valence-electron chi connectivity index (χ0n) is 24.3. The molecule has 0 spiro atoms. The van der Waals surface area contributed by atoms with Crippen molar-refractivity contribution in [3.63, 3.8) is 0 Å². The number of hydrogen-bond donors (Lipinski definition) is 0. The average Bonchev–Trinajstić information content (AvgIpc) is 3.64. The summed E-state index contributed by atoms with van der Waals surface area (Å²) >= 11 is 0. The zero-order chi connectivity index (χ0) is 30.4. The minimum absolute atomic E-state index is 0.0271. The molecule has 7 aromatic rings. The fourth-order valence-corrected chi connectivity index (χ4v) is 5.91. The van der Waals surface area contributed by atoms with Crippen molar-refractivity contribution < 1.29 is 18.3 Å². The van der Waals surface area contributed by atoms with Crippen LogP contribution in [0.4, 0.5) is 8.78 Å². The molecule has 0 aliphatic rings. The molecule has 4 aromatic carbocycles. The number of alkyl halides is 2. The van der Waals surface area contributed by atoms with Gasteiger partial charge in [-0.15, -0.1) is 0 Å². The van der Waals surface area contributed by atoms with E-state index in [-0.39, 0.29) is 5.56 Å². The molecule has 6 nitrogen and oxygen atoms in total. The molecule has 8 heteroatoms. The first kappa shape index (κ1) is 27.3. The van der Waals surface area contributed by atoms with Gasteiger partial charge in [0.05, 0.1) is 30.0 Å². The van der Waals surface area contributed by atoms with Gasteiger partial charge in [0.15, 0.2) is 0 Å². The summed E-state index contributed by atoms with van der Waals surface area (Å²) in [6.45, 7) is 3.70. The van der Waals surface area contributed by atoms with Crippen molar-refractivity contribution in [3.8, 4) is 39.9 Å². The summed E-state index contributed by atoms with van der Waals surface area (Å²) in [6, 6.07) is 28.8. The SMILES string of the molecule is COc1ccnc(-n2c3ccccc3c3ccc(Oc4cccc(-n5cc(-c6c(C)cc(C(F)F)cc6C)cn5)c4)cc32)c1. The molecule has 0 unspecified atom stereocenters. The van der Waals surface area contributed by atoms with Crippen LogP contribution in [-0.4, -0.2) is 26.4 Å². The van der Waals surface area contributed by atoms with Gasteiger partial charge in [-0.25, -0.2) is 18.4 Å². The van der Waals surface area contributed by atoms with Crippen molar-refractivity contribution >= 4 is 21.8 Å². The van der Waals surface area contributed by atoms with Crippen LogP contribution >= 0.6 is 0 Å². The number of benzene rings is 4. The van der Waals surface area contributed by atoms with Crippen LogP contribution in [0.1, 0.15) is 23.1 Å². The van der Waals surface area contributed by atoms with Gasteiger partial charge in [0.1, 0.15) is 23.1 Å². The number of ether oxygens (including phenoxy) is 2. The number of aryl methyl sites for hydroxylation is 2. The van der Waals surface area contributed by atoms with Gasteiger partial charge in [0, 0.05) is 52.5 Å². The number of fused-ring (bicyclic) bond motifs is 3. The van der Waals surface area contributed by atoms with Gasteiger partial charge in [0.2, 0.25) is 0 Å². The van der Waals surface area contributed by atoms with E-state index in [0.717, 1.165) is 61.3 Å². The Morgan fingerprint density at radius 1 is 0.750 bits per heavy atom. The highest BCUT2D eigenvalue weighted by molar-refractivity contribution is 6.09. The highest BCUT2D eigenvalue weighted by Crippen LogP contribution is 2.36. The topological polar surface area (TPSA) is 54.1 Å². The molecule has 0 aliphatic heterocycles. The summed E-state index contributed by atoms with van der Waals surface area (Å²) in [5, 5.41) is 6.77. The number of para-hydroxylation sites is 1. The lowest BCUT2D eigenvalue weighted by Crippen LogP contribution is -1.98. The Kier molecular flexibility index (Phi) is 6.81. The first-order chi connectivity index (χ1) is 21.4. The minimum Gasteiger partial charge on any atom is -0.497 e. The van der Waals surface area contributed by atoms with E-state index in [1.54, 1.807) is 36.3 Å². The van der Waals surface area contributed by atoms with Gasteiger partial charge in [-0.1, -0.05) is 24.3 Å². The Bertz CT molecular complexity index is 2140. The van der Waals surface area contributed by atoms with E-state index in [4.69, 9.17) is 9.47 Å². The standard InChI is InChI=1S/C36H28F2N4O2/c1-22-15-24(36(37)38)16-23(2)35(22)25-20-40-41(21-25)26-7-6-8-28(17-26)44-29-11-12-31-30-9-4-5-10-32(30)42(33(31)18-29)34-19-27(43-3)13-14-39-34/h4-21,36H,1-3H3. The van der Waals surface area contributed by atoms with Crippen LogP contribution in [0.5, 0.6) is 17.2 Å². The lowest BCUT2D eigenvalue weighted by molar-refractivity contribution is 0.151. The molecule has 0 fully saturated rings. The lowest BCUT2D eigenvalue weighted by Gasteiger charge is -2.11. The van der Waals surface area contributed by atoms with E-state index in [1.807, 2.05) is 80.7 Å². The van der Waals surface area contributed by atoms with Crippen LogP contribution < -0.4 is 9.47 Å². The van der Waals surface area contributed by atoms with Gasteiger partial charge < -0.3 is 9.47 Å². The largest absolute Gasteiger partial charge is 0.497 e. The van der Waals surface area contributed by atoms with Crippen LogP contribution in [0.25, 0.3) is 44.4 Å². The number of halogens is 2. The summed E-state index contributed by atoms with van der Waals surface area (Å²) < 4.78 is 42.3. The molecule has 0 bridgehead atoms. The van der Waals surface area contributed by atoms with E-state index in [0.29, 0.717) is 11.5 Å². The van der Waals surface area contributed by atoms with Crippen LogP contribution in [0.15, 0.2) is 110 Å². The normalized spacial score (nSPS) is 11.5. The van der Waals surface area contributed by atoms with Gasteiger partial charge in [-0.3, -0.25) is 4.57 Å². The van der Waals surface area contributed by atoms with Crippen molar-refractivity contribution in [2.24, 2.45) is 0 Å². The quantitative estimate of drug-likeness (QED) is 0.187. The number of nitrogens with zero attached hydrogens (tertiary/aromatic N) is 4. The maximum Gasteiger partial charge on any atom is 0.263 e. The van der Waals surface area contributed by atoms with Crippen molar-refractivity contribution in [1.82, 2.24) is 19.3 Å². The average molecular weight is 587 g/mol. The van der Waals surface area contributed by atoms with E-state index in [2.05, 4.69) is 32.8 Å². The van der Waals surface area contributed by atoms with Crippen LogP contribution in [0, 0.1) is 13.8 Å². The molecule has 0 atom stereocenters. The monoisotopic (exact) mass is 586 g/mol. The van der Waals surface area contributed by atoms with Crippen LogP contribution in [0.2, 0.25) is 0 Å². The molecule has 3 heterocycles. The summed E-state index contributed by atoms with van der Waals surface area (Å²) in [6.07, 6.45) is 2.89. The maximum absolute atomic E-state index is 13.3. The zero-order valence-corrected chi connectivity index (χ0v) is 24.3. The molecule has 0 amide bonds. The molecule has 0 aliphatic carbocycles. The second-order valence-corrected chi connectivity index (χ2v) is 10.7. The Balaban J connectivity index is 1.23. The molecule has 7 rings (SSSR count). The summed E-state index contributed by atoms with van der Waals surface area (Å²) in [4.78, 5) is 4.63. The smallest absolute Gasteiger partial charge is 0.263 e. The third kappa shape index (κ3) is 4.84. The second kappa shape index (κ2) is 11.0. The Hall–Kier alpha value is -5.50. The Morgan fingerprint density at radius 3 is 2.32 bits per heavy atom. The third-order valence-corrected chi connectivity index (χ3v) is 7.82. The van der Waals surface area contributed by atoms with Crippen LogP contribution in [-0.2, 0) is 0 Å². The molecular weight excluding hydrogens is 558 g/mol. The number of methoxy groups -OCH3 is 1. The second-order valence-electron chi connectivity index (χ2n) is 10.7. The van der Waals surface area contributed by atoms with Crippen molar-refractivity contribution in [1.29, 1.82) is 0 Å². The van der Waals surface area contributed by atoms with Gasteiger partial charge in [-0.2, -0.15) is 5.10 Å². The third-order valence-electron chi connectivity index (χ3n) is 7.82. The molecule has 44 heavy (non-hydrogen) atoms. The van der Waals surface area contributed by atoms with Crippen LogP contribution in [0.3, 0.4) is 0 Å². The number of rotatable bonds is 7. The predicted octanol–water partition coefficient (Wildman–Crippen LogP) is 9.39. The predicted molar refractivity (Wildman–Crippen MR) is 169 cm³/mol. The Labute approximate surface area is 252 Å². The molecular formula is C36H28F2N4O2. The molecule has 0 radical (unpaired) electrons. The summed E-state index contributed by atoms with van der Waals surface area (Å²) in [5.41, 5.74) is 6.16. The first-order valence-corrected chi connectivity index (χ1v) is 14.2.